The lowest BCUT2D eigenvalue weighted by atomic mass is 9.83. The number of hydrogen-bond donors (Lipinski definition) is 2. The summed E-state index contributed by atoms with van der Waals surface area (Å²) in [5.74, 6) is 0. The number of fused-ring (bicyclic) bond motifs is 2. The second kappa shape index (κ2) is 5.36. The van der Waals surface area contributed by atoms with Crippen molar-refractivity contribution >= 4 is 0 Å². The minimum absolute atomic E-state index is 0.0397. The molecule has 3 aliphatic rings. The molecule has 0 spiro atoms. The van der Waals surface area contributed by atoms with Gasteiger partial charge in [0.05, 0.1) is 11.4 Å². The molecule has 130 valence electrons. The topological polar surface area (TPSA) is 46.9 Å². The zero-order valence-corrected chi connectivity index (χ0v) is 15.4. The van der Waals surface area contributed by atoms with Gasteiger partial charge in [0.1, 0.15) is 0 Å². The maximum atomic E-state index is 9.92. The Morgan fingerprint density at radius 2 is 1.17 bits per heavy atom. The summed E-state index contributed by atoms with van der Waals surface area (Å²) in [6, 6.07) is 0. The Hall–Kier alpha value is -1.78. The van der Waals surface area contributed by atoms with Gasteiger partial charge in [0.25, 0.3) is 0 Å². The number of aliphatic hydroxyl groups excluding tert-OH is 1. The van der Waals surface area contributed by atoms with Gasteiger partial charge >= 0.3 is 0 Å². The van der Waals surface area contributed by atoms with Crippen LogP contribution in [-0.4, -0.2) is 32.5 Å². The van der Waals surface area contributed by atoms with Gasteiger partial charge in [-0.15, -0.1) is 0 Å². The van der Waals surface area contributed by atoms with Crippen LogP contribution in [0.15, 0.2) is 59.2 Å². The first kappa shape index (κ1) is 17.1. The van der Waals surface area contributed by atoms with E-state index >= 15 is 0 Å². The predicted octanol–water partition coefficient (Wildman–Crippen LogP) is 3.45. The molecule has 0 saturated carbocycles. The second-order valence-electron chi connectivity index (χ2n) is 8.74. The van der Waals surface area contributed by atoms with Crippen LogP contribution in [0.3, 0.4) is 0 Å². The SMILES string of the molecule is CC(C)(C)C1=CC2=C3C=C(C(C)(C)C)C=CN3C(C(O)O)N2C=C1. The molecule has 0 atom stereocenters. The molecule has 0 radical (unpaired) electrons. The minimum atomic E-state index is -1.46. The largest absolute Gasteiger partial charge is 0.365 e. The normalized spacial score (nSPS) is 21.4. The van der Waals surface area contributed by atoms with Crippen LogP contribution >= 0.6 is 0 Å². The Labute approximate surface area is 144 Å². The van der Waals surface area contributed by atoms with Crippen LogP contribution < -0.4 is 0 Å². The summed E-state index contributed by atoms with van der Waals surface area (Å²) in [5, 5.41) is 19.8. The fraction of sp³-hybridized carbons (Fsp3) is 0.500. The molecule has 2 N–H and O–H groups in total. The van der Waals surface area contributed by atoms with Crippen molar-refractivity contribution in [3.63, 3.8) is 0 Å². The smallest absolute Gasteiger partial charge is 0.192 e. The van der Waals surface area contributed by atoms with Gasteiger partial charge in [-0.05, 0) is 46.3 Å². The summed E-state index contributed by atoms with van der Waals surface area (Å²) in [4.78, 5) is 3.89. The average Bonchev–Trinajstić information content (AvgIpc) is 2.78. The quantitative estimate of drug-likeness (QED) is 0.724. The molecule has 4 nitrogen and oxygen atoms in total. The van der Waals surface area contributed by atoms with E-state index in [0.717, 1.165) is 11.4 Å². The molecule has 3 rings (SSSR count). The van der Waals surface area contributed by atoms with Gasteiger partial charge in [0, 0.05) is 12.4 Å². The molecular formula is C20H28N2O2. The molecule has 0 aromatic rings. The van der Waals surface area contributed by atoms with Gasteiger partial charge in [0.2, 0.25) is 0 Å². The van der Waals surface area contributed by atoms with Crippen molar-refractivity contribution in [1.82, 2.24) is 9.80 Å². The highest BCUT2D eigenvalue weighted by Gasteiger charge is 2.41. The summed E-state index contributed by atoms with van der Waals surface area (Å²) >= 11 is 0. The number of allylic oxidation sites excluding steroid dienone is 6. The van der Waals surface area contributed by atoms with E-state index in [0.29, 0.717) is 0 Å². The van der Waals surface area contributed by atoms with Gasteiger partial charge in [-0.3, -0.25) is 0 Å². The van der Waals surface area contributed by atoms with Crippen LogP contribution in [0.25, 0.3) is 0 Å². The lowest BCUT2D eigenvalue weighted by Gasteiger charge is -2.35. The zero-order chi connectivity index (χ0) is 17.9. The van der Waals surface area contributed by atoms with E-state index in [-0.39, 0.29) is 10.8 Å². The summed E-state index contributed by atoms with van der Waals surface area (Å²) in [7, 11) is 0. The molecule has 0 fully saturated rings. The summed E-state index contributed by atoms with van der Waals surface area (Å²) < 4.78 is 0. The van der Waals surface area contributed by atoms with Gasteiger partial charge in [0.15, 0.2) is 12.5 Å². The molecule has 3 heterocycles. The number of nitrogens with zero attached hydrogens (tertiary/aromatic N) is 2. The van der Waals surface area contributed by atoms with Crippen molar-refractivity contribution in [2.75, 3.05) is 0 Å². The lowest BCUT2D eigenvalue weighted by Crippen LogP contribution is -2.45. The van der Waals surface area contributed by atoms with Gasteiger partial charge < -0.3 is 20.0 Å². The highest BCUT2D eigenvalue weighted by Crippen LogP contribution is 2.42. The minimum Gasteiger partial charge on any atom is -0.365 e. The molecule has 0 aromatic carbocycles. The Morgan fingerprint density at radius 1 is 0.792 bits per heavy atom. The van der Waals surface area contributed by atoms with E-state index in [9.17, 15) is 10.2 Å². The summed E-state index contributed by atoms with van der Waals surface area (Å²) in [5.41, 5.74) is 4.58. The van der Waals surface area contributed by atoms with Gasteiger partial charge in [-0.25, -0.2) is 0 Å². The highest BCUT2D eigenvalue weighted by atomic mass is 16.5. The summed E-state index contributed by atoms with van der Waals surface area (Å²) in [6.07, 6.45) is 10.4. The highest BCUT2D eigenvalue weighted by molar-refractivity contribution is 5.51. The van der Waals surface area contributed by atoms with Crippen LogP contribution in [-0.2, 0) is 0 Å². The van der Waals surface area contributed by atoms with Crippen LogP contribution in [0.5, 0.6) is 0 Å². The van der Waals surface area contributed by atoms with Crippen molar-refractivity contribution in [1.29, 1.82) is 0 Å². The van der Waals surface area contributed by atoms with Gasteiger partial charge in [-0.1, -0.05) is 41.5 Å². The molecule has 0 unspecified atom stereocenters. The van der Waals surface area contributed by atoms with Crippen LogP contribution in [0.1, 0.15) is 41.5 Å². The monoisotopic (exact) mass is 328 g/mol. The predicted molar refractivity (Wildman–Crippen MR) is 96.1 cm³/mol. The van der Waals surface area contributed by atoms with Crippen LogP contribution in [0.4, 0.5) is 0 Å². The Balaban J connectivity index is 2.14. The number of aliphatic hydroxyl groups is 2. The molecule has 0 aliphatic carbocycles. The van der Waals surface area contributed by atoms with E-state index in [1.165, 1.54) is 11.1 Å². The van der Waals surface area contributed by atoms with Crippen LogP contribution in [0.2, 0.25) is 0 Å². The number of rotatable bonds is 1. The molecule has 4 heteroatoms. The summed E-state index contributed by atoms with van der Waals surface area (Å²) in [6.45, 7) is 13.1. The molecular weight excluding hydrogens is 300 g/mol. The third-order valence-electron chi connectivity index (χ3n) is 4.80. The first-order chi connectivity index (χ1) is 11.0. The lowest BCUT2D eigenvalue weighted by molar-refractivity contribution is -0.110. The third kappa shape index (κ3) is 2.74. The Morgan fingerprint density at radius 3 is 1.46 bits per heavy atom. The van der Waals surface area contributed by atoms with Crippen molar-refractivity contribution in [2.24, 2.45) is 10.8 Å². The van der Waals surface area contributed by atoms with Crippen molar-refractivity contribution in [2.45, 2.75) is 54.0 Å². The second-order valence-corrected chi connectivity index (χ2v) is 8.74. The molecule has 3 aliphatic heterocycles. The molecule has 0 amide bonds. The first-order valence-corrected chi connectivity index (χ1v) is 8.48. The average molecular weight is 328 g/mol. The molecule has 0 bridgehead atoms. The van der Waals surface area contributed by atoms with Crippen LogP contribution in [0, 0.1) is 10.8 Å². The van der Waals surface area contributed by atoms with Crippen molar-refractivity contribution in [3.8, 4) is 0 Å². The maximum Gasteiger partial charge on any atom is 0.192 e. The van der Waals surface area contributed by atoms with Crippen molar-refractivity contribution < 1.29 is 10.2 Å². The van der Waals surface area contributed by atoms with E-state index in [4.69, 9.17) is 0 Å². The zero-order valence-electron chi connectivity index (χ0n) is 15.4. The van der Waals surface area contributed by atoms with E-state index in [1.54, 1.807) is 0 Å². The Bertz CT molecular complexity index is 638. The maximum absolute atomic E-state index is 9.92. The van der Waals surface area contributed by atoms with E-state index in [1.807, 2.05) is 22.2 Å². The molecule has 0 aromatic heterocycles. The fourth-order valence-corrected chi connectivity index (χ4v) is 3.25. The van der Waals surface area contributed by atoms with Gasteiger partial charge in [-0.2, -0.15) is 0 Å². The van der Waals surface area contributed by atoms with Crippen molar-refractivity contribution in [3.05, 3.63) is 59.2 Å². The third-order valence-corrected chi connectivity index (χ3v) is 4.80. The first-order valence-electron chi connectivity index (χ1n) is 8.48. The van der Waals surface area contributed by atoms with E-state index in [2.05, 4.69) is 65.8 Å². The molecule has 24 heavy (non-hydrogen) atoms. The number of hydrogen-bond acceptors (Lipinski definition) is 4. The van der Waals surface area contributed by atoms with E-state index < -0.39 is 12.5 Å². The fourth-order valence-electron chi connectivity index (χ4n) is 3.25. The molecule has 0 saturated heterocycles. The Kier molecular flexibility index (Phi) is 3.81. The standard InChI is InChI=1S/C20H28N2O2/c1-19(2,3)13-7-9-21-15(11-13)16-12-14(20(4,5)6)8-10-22(16)17(21)18(23)24/h7-12,17-18,23-24H,1-6H3.